The summed E-state index contributed by atoms with van der Waals surface area (Å²) in [7, 11) is 0. The van der Waals surface area contributed by atoms with E-state index in [0.717, 1.165) is 18.5 Å². The number of nitrogens with two attached hydrogens (primary N) is 1. The lowest BCUT2D eigenvalue weighted by Gasteiger charge is -2.27. The van der Waals surface area contributed by atoms with Crippen LogP contribution < -0.4 is 11.1 Å². The Morgan fingerprint density at radius 3 is 2.53 bits per heavy atom. The highest BCUT2D eigenvalue weighted by atomic mass is 35.5. The van der Waals surface area contributed by atoms with E-state index >= 15 is 0 Å². The summed E-state index contributed by atoms with van der Waals surface area (Å²) in [6.45, 7) is 0. The Morgan fingerprint density at radius 1 is 1.26 bits per heavy atom. The zero-order valence-electron chi connectivity index (χ0n) is 10.7. The maximum atomic E-state index is 11.8. The number of anilines is 1. The summed E-state index contributed by atoms with van der Waals surface area (Å²) < 4.78 is 0. The van der Waals surface area contributed by atoms with E-state index in [-0.39, 0.29) is 36.8 Å². The Bertz CT molecular complexity index is 375. The molecule has 0 saturated heterocycles. The lowest BCUT2D eigenvalue weighted by molar-refractivity contribution is -0.117. The monoisotopic (exact) mass is 305 g/mol. The minimum atomic E-state index is 0. The molecular weight excluding hydrogens is 285 g/mol. The fourth-order valence-corrected chi connectivity index (χ4v) is 2.38. The lowest BCUT2D eigenvalue weighted by atomic mass is 9.83. The molecule has 19 heavy (non-hydrogen) atoms. The number of pyridine rings is 1. The van der Waals surface area contributed by atoms with Crippen LogP contribution >= 0.6 is 24.8 Å². The zero-order valence-corrected chi connectivity index (χ0v) is 12.4. The van der Waals surface area contributed by atoms with E-state index in [9.17, 15) is 4.79 Å². The molecule has 1 aliphatic rings. The number of carbonyl (C=O) groups is 1. The molecule has 1 fully saturated rings. The molecule has 2 rings (SSSR count). The van der Waals surface area contributed by atoms with Crippen LogP contribution in [0.25, 0.3) is 0 Å². The predicted octanol–water partition coefficient (Wildman–Crippen LogP) is 2.77. The van der Waals surface area contributed by atoms with Crippen molar-refractivity contribution in [1.82, 2.24) is 4.98 Å². The highest BCUT2D eigenvalue weighted by Crippen LogP contribution is 2.25. The van der Waals surface area contributed by atoms with Gasteiger partial charge in [-0.05, 0) is 30.9 Å². The molecule has 108 valence electrons. The van der Waals surface area contributed by atoms with Gasteiger partial charge in [-0.2, -0.15) is 0 Å². The molecule has 1 aromatic rings. The van der Waals surface area contributed by atoms with Gasteiger partial charge >= 0.3 is 0 Å². The van der Waals surface area contributed by atoms with Crippen molar-refractivity contribution in [1.29, 1.82) is 0 Å². The second-order valence-electron chi connectivity index (χ2n) is 4.70. The Morgan fingerprint density at radius 2 is 1.89 bits per heavy atom. The topological polar surface area (TPSA) is 68.0 Å². The molecule has 0 aliphatic heterocycles. The normalized spacial score (nSPS) is 21.7. The van der Waals surface area contributed by atoms with E-state index in [1.807, 2.05) is 0 Å². The SMILES string of the molecule is Cl.Cl.NC1CCCCC1CC(=O)Nc1ccncc1. The molecule has 1 saturated carbocycles. The van der Waals surface area contributed by atoms with Gasteiger partial charge in [-0.3, -0.25) is 9.78 Å². The van der Waals surface area contributed by atoms with Crippen LogP contribution in [0.15, 0.2) is 24.5 Å². The largest absolute Gasteiger partial charge is 0.327 e. The van der Waals surface area contributed by atoms with Gasteiger partial charge in [-0.15, -0.1) is 24.8 Å². The summed E-state index contributed by atoms with van der Waals surface area (Å²) in [6.07, 6.45) is 8.39. The van der Waals surface area contributed by atoms with Gasteiger partial charge in [0, 0.05) is 30.5 Å². The van der Waals surface area contributed by atoms with Crippen LogP contribution in [0.1, 0.15) is 32.1 Å². The van der Waals surface area contributed by atoms with Gasteiger partial charge in [0.15, 0.2) is 0 Å². The molecule has 6 heteroatoms. The molecule has 1 heterocycles. The smallest absolute Gasteiger partial charge is 0.224 e. The van der Waals surface area contributed by atoms with E-state index in [4.69, 9.17) is 5.73 Å². The fraction of sp³-hybridized carbons (Fsp3) is 0.538. The standard InChI is InChI=1S/C13H19N3O.2ClH/c14-12-4-2-1-3-10(12)9-13(17)16-11-5-7-15-8-6-11;;/h5-8,10,12H,1-4,9,14H2,(H,15,16,17);2*1H. The van der Waals surface area contributed by atoms with Gasteiger partial charge < -0.3 is 11.1 Å². The number of hydrogen-bond donors (Lipinski definition) is 2. The molecule has 0 spiro atoms. The first kappa shape index (κ1) is 18.2. The van der Waals surface area contributed by atoms with Gasteiger partial charge in [-0.1, -0.05) is 12.8 Å². The molecular formula is C13H21Cl2N3O. The van der Waals surface area contributed by atoms with Crippen LogP contribution in [-0.2, 0) is 4.79 Å². The summed E-state index contributed by atoms with van der Waals surface area (Å²) in [5, 5.41) is 2.88. The van der Waals surface area contributed by atoms with Crippen molar-refractivity contribution in [3.05, 3.63) is 24.5 Å². The number of nitrogens with one attached hydrogen (secondary N) is 1. The maximum absolute atomic E-state index is 11.8. The minimum absolute atomic E-state index is 0. The van der Waals surface area contributed by atoms with E-state index in [2.05, 4.69) is 10.3 Å². The van der Waals surface area contributed by atoms with Crippen molar-refractivity contribution in [2.45, 2.75) is 38.1 Å². The summed E-state index contributed by atoms with van der Waals surface area (Å²) >= 11 is 0. The summed E-state index contributed by atoms with van der Waals surface area (Å²) in [5.74, 6) is 0.393. The van der Waals surface area contributed by atoms with Gasteiger partial charge in [0.05, 0.1) is 0 Å². The van der Waals surface area contributed by atoms with E-state index in [1.165, 1.54) is 12.8 Å². The Balaban J connectivity index is 0.00000162. The third-order valence-electron chi connectivity index (χ3n) is 3.38. The molecule has 2 unspecified atom stereocenters. The van der Waals surface area contributed by atoms with Crippen LogP contribution in [-0.4, -0.2) is 16.9 Å². The number of nitrogens with zero attached hydrogens (tertiary/aromatic N) is 1. The summed E-state index contributed by atoms with van der Waals surface area (Å²) in [4.78, 5) is 15.7. The Labute approximate surface area is 126 Å². The van der Waals surface area contributed by atoms with Crippen molar-refractivity contribution in [3.8, 4) is 0 Å². The molecule has 2 atom stereocenters. The highest BCUT2D eigenvalue weighted by Gasteiger charge is 2.23. The van der Waals surface area contributed by atoms with E-state index < -0.39 is 0 Å². The van der Waals surface area contributed by atoms with Crippen LogP contribution in [0.3, 0.4) is 0 Å². The van der Waals surface area contributed by atoms with Gasteiger partial charge in [0.2, 0.25) is 5.91 Å². The Hall–Kier alpha value is -0.840. The van der Waals surface area contributed by atoms with Crippen molar-refractivity contribution < 1.29 is 4.79 Å². The fourth-order valence-electron chi connectivity index (χ4n) is 2.38. The molecule has 0 aromatic carbocycles. The number of halogens is 2. The maximum Gasteiger partial charge on any atom is 0.224 e. The van der Waals surface area contributed by atoms with Gasteiger partial charge in [0.1, 0.15) is 0 Å². The van der Waals surface area contributed by atoms with Crippen LogP contribution in [0.5, 0.6) is 0 Å². The first-order valence-electron chi connectivity index (χ1n) is 6.21. The quantitative estimate of drug-likeness (QED) is 0.902. The first-order valence-corrected chi connectivity index (χ1v) is 6.21. The first-order chi connectivity index (χ1) is 8.25. The minimum Gasteiger partial charge on any atom is -0.327 e. The van der Waals surface area contributed by atoms with Crippen LogP contribution in [0, 0.1) is 5.92 Å². The van der Waals surface area contributed by atoms with Crippen molar-refractivity contribution in [2.75, 3.05) is 5.32 Å². The third-order valence-corrected chi connectivity index (χ3v) is 3.38. The molecule has 0 radical (unpaired) electrons. The average molecular weight is 306 g/mol. The third kappa shape index (κ3) is 5.76. The van der Waals surface area contributed by atoms with Gasteiger partial charge in [0.25, 0.3) is 0 Å². The van der Waals surface area contributed by atoms with Crippen LogP contribution in [0.4, 0.5) is 5.69 Å². The molecule has 1 aromatic heterocycles. The highest BCUT2D eigenvalue weighted by molar-refractivity contribution is 5.90. The summed E-state index contributed by atoms with van der Waals surface area (Å²) in [5.41, 5.74) is 6.83. The molecule has 3 N–H and O–H groups in total. The van der Waals surface area contributed by atoms with Crippen LogP contribution in [0.2, 0.25) is 0 Å². The van der Waals surface area contributed by atoms with Gasteiger partial charge in [-0.25, -0.2) is 0 Å². The second kappa shape index (κ2) is 9.13. The number of hydrogen-bond acceptors (Lipinski definition) is 3. The van der Waals surface area contributed by atoms with Crippen molar-refractivity contribution in [2.24, 2.45) is 11.7 Å². The predicted molar refractivity (Wildman–Crippen MR) is 81.9 cm³/mol. The molecule has 1 amide bonds. The van der Waals surface area contributed by atoms with E-state index in [0.29, 0.717) is 12.3 Å². The molecule has 4 nitrogen and oxygen atoms in total. The zero-order chi connectivity index (χ0) is 12.1. The Kier molecular flexibility index (Phi) is 8.72. The van der Waals surface area contributed by atoms with Crippen molar-refractivity contribution >= 4 is 36.4 Å². The van der Waals surface area contributed by atoms with Crippen molar-refractivity contribution in [3.63, 3.8) is 0 Å². The number of amides is 1. The van der Waals surface area contributed by atoms with E-state index in [1.54, 1.807) is 24.5 Å². The number of aromatic nitrogens is 1. The second-order valence-corrected chi connectivity index (χ2v) is 4.70. The molecule has 0 bridgehead atoms. The molecule has 1 aliphatic carbocycles. The lowest BCUT2D eigenvalue weighted by Crippen LogP contribution is -2.35. The average Bonchev–Trinajstić information content (AvgIpc) is 2.33. The number of rotatable bonds is 3. The summed E-state index contributed by atoms with van der Waals surface area (Å²) in [6, 6.07) is 3.77. The number of carbonyl (C=O) groups excluding carboxylic acids is 1.